The smallest absolute Gasteiger partial charge is 0.0199 e. The summed E-state index contributed by atoms with van der Waals surface area (Å²) in [6.45, 7) is 13.0. The minimum Gasteiger partial charge on any atom is -0.313 e. The second-order valence-electron chi connectivity index (χ2n) is 5.14. The van der Waals surface area contributed by atoms with Crippen LogP contribution in [0.1, 0.15) is 13.3 Å². The molecular formula is C13H27N3. The molecule has 1 unspecified atom stereocenters. The molecule has 1 saturated heterocycles. The van der Waals surface area contributed by atoms with Gasteiger partial charge in [-0.3, -0.25) is 0 Å². The van der Waals surface area contributed by atoms with Gasteiger partial charge >= 0.3 is 0 Å². The van der Waals surface area contributed by atoms with E-state index in [9.17, 15) is 0 Å². The molecule has 1 atom stereocenters. The number of nitrogens with zero attached hydrogens (tertiary/aromatic N) is 2. The van der Waals surface area contributed by atoms with Gasteiger partial charge in [0.05, 0.1) is 0 Å². The average molecular weight is 225 g/mol. The van der Waals surface area contributed by atoms with E-state index in [0.29, 0.717) is 0 Å². The van der Waals surface area contributed by atoms with Gasteiger partial charge in [0.2, 0.25) is 0 Å². The average Bonchev–Trinajstić information content (AvgIpc) is 2.60. The van der Waals surface area contributed by atoms with Gasteiger partial charge < -0.3 is 15.1 Å². The fraction of sp³-hybridized carbons (Fsp3) is 0.846. The van der Waals surface area contributed by atoms with Crippen molar-refractivity contribution in [3.05, 3.63) is 12.2 Å². The minimum absolute atomic E-state index is 0.849. The molecule has 0 saturated carbocycles. The maximum atomic E-state index is 4.11. The first kappa shape index (κ1) is 13.7. The van der Waals surface area contributed by atoms with Gasteiger partial charge in [0.15, 0.2) is 0 Å². The molecule has 1 fully saturated rings. The van der Waals surface area contributed by atoms with Crippen molar-refractivity contribution in [2.45, 2.75) is 13.3 Å². The fourth-order valence-corrected chi connectivity index (χ4v) is 2.42. The predicted molar refractivity (Wildman–Crippen MR) is 70.8 cm³/mol. The number of rotatable bonds is 7. The molecule has 1 rings (SSSR count). The summed E-state index contributed by atoms with van der Waals surface area (Å²) in [4.78, 5) is 4.83. The lowest BCUT2D eigenvalue weighted by Crippen LogP contribution is -2.31. The Morgan fingerprint density at radius 2 is 2.31 bits per heavy atom. The van der Waals surface area contributed by atoms with E-state index >= 15 is 0 Å². The summed E-state index contributed by atoms with van der Waals surface area (Å²) < 4.78 is 0. The lowest BCUT2D eigenvalue weighted by molar-refractivity contribution is 0.289. The van der Waals surface area contributed by atoms with Gasteiger partial charge in [0.1, 0.15) is 0 Å². The molecule has 3 nitrogen and oxygen atoms in total. The first-order chi connectivity index (χ1) is 7.61. The molecule has 1 heterocycles. The SMILES string of the molecule is C=C(CNCC)CN(C)CC1CCN(C)C1. The molecule has 0 aromatic heterocycles. The molecule has 1 N–H and O–H groups in total. The molecule has 0 radical (unpaired) electrons. The van der Waals surface area contributed by atoms with Crippen LogP contribution < -0.4 is 5.32 Å². The lowest BCUT2D eigenvalue weighted by atomic mass is 10.1. The summed E-state index contributed by atoms with van der Waals surface area (Å²) in [5.74, 6) is 0.849. The molecule has 0 aliphatic carbocycles. The Labute approximate surface area is 100 Å². The molecule has 0 aromatic rings. The Kier molecular flexibility index (Phi) is 6.03. The van der Waals surface area contributed by atoms with Crippen molar-refractivity contribution in [2.75, 3.05) is 53.4 Å². The highest BCUT2D eigenvalue weighted by molar-refractivity contribution is 4.99. The molecule has 0 spiro atoms. The summed E-state index contributed by atoms with van der Waals surface area (Å²) in [6.07, 6.45) is 1.35. The van der Waals surface area contributed by atoms with E-state index in [4.69, 9.17) is 0 Å². The van der Waals surface area contributed by atoms with Crippen LogP contribution in [-0.4, -0.2) is 63.2 Å². The second-order valence-corrected chi connectivity index (χ2v) is 5.14. The zero-order chi connectivity index (χ0) is 12.0. The van der Waals surface area contributed by atoms with Crippen LogP contribution in [0.2, 0.25) is 0 Å². The van der Waals surface area contributed by atoms with Gasteiger partial charge in [-0.05, 0) is 45.1 Å². The predicted octanol–water partition coefficient (Wildman–Crippen LogP) is 1.04. The first-order valence-corrected chi connectivity index (χ1v) is 6.36. The number of likely N-dealkylation sites (tertiary alicyclic amines) is 1. The highest BCUT2D eigenvalue weighted by atomic mass is 15.1. The summed E-state index contributed by atoms with van der Waals surface area (Å²) in [5, 5.41) is 3.32. The largest absolute Gasteiger partial charge is 0.313 e. The summed E-state index contributed by atoms with van der Waals surface area (Å²) in [5.41, 5.74) is 1.29. The van der Waals surface area contributed by atoms with Crippen molar-refractivity contribution < 1.29 is 0 Å². The van der Waals surface area contributed by atoms with Gasteiger partial charge in [0, 0.05) is 26.2 Å². The van der Waals surface area contributed by atoms with Crippen molar-refractivity contribution in [2.24, 2.45) is 5.92 Å². The summed E-state index contributed by atoms with van der Waals surface area (Å²) >= 11 is 0. The molecule has 1 aliphatic rings. The normalized spacial score (nSPS) is 21.9. The van der Waals surface area contributed by atoms with Gasteiger partial charge in [-0.25, -0.2) is 0 Å². The maximum Gasteiger partial charge on any atom is 0.0199 e. The van der Waals surface area contributed by atoms with Crippen LogP contribution in [0, 0.1) is 5.92 Å². The van der Waals surface area contributed by atoms with Crippen molar-refractivity contribution in [3.63, 3.8) is 0 Å². The first-order valence-electron chi connectivity index (χ1n) is 6.36. The molecule has 1 aliphatic heterocycles. The highest BCUT2D eigenvalue weighted by Crippen LogP contribution is 2.15. The Hall–Kier alpha value is -0.380. The molecule has 0 bridgehead atoms. The van der Waals surface area contributed by atoms with Gasteiger partial charge in [-0.15, -0.1) is 0 Å². The second kappa shape index (κ2) is 7.05. The summed E-state index contributed by atoms with van der Waals surface area (Å²) in [6, 6.07) is 0. The number of nitrogens with one attached hydrogen (secondary N) is 1. The molecular weight excluding hydrogens is 198 g/mol. The van der Waals surface area contributed by atoms with Gasteiger partial charge in [-0.2, -0.15) is 0 Å². The van der Waals surface area contributed by atoms with Gasteiger partial charge in [0.25, 0.3) is 0 Å². The third kappa shape index (κ3) is 5.10. The van der Waals surface area contributed by atoms with E-state index in [0.717, 1.165) is 25.6 Å². The van der Waals surface area contributed by atoms with Crippen molar-refractivity contribution in [3.8, 4) is 0 Å². The zero-order valence-electron chi connectivity index (χ0n) is 11.1. The van der Waals surface area contributed by atoms with Gasteiger partial charge in [-0.1, -0.05) is 13.5 Å². The van der Waals surface area contributed by atoms with E-state index in [1.165, 1.54) is 31.6 Å². The van der Waals surface area contributed by atoms with Crippen LogP contribution in [-0.2, 0) is 0 Å². The zero-order valence-corrected chi connectivity index (χ0v) is 11.1. The van der Waals surface area contributed by atoms with E-state index in [1.54, 1.807) is 0 Å². The van der Waals surface area contributed by atoms with Crippen LogP contribution >= 0.6 is 0 Å². The number of hydrogen-bond donors (Lipinski definition) is 1. The Bertz CT molecular complexity index is 215. The molecule has 94 valence electrons. The molecule has 0 aromatic carbocycles. The highest BCUT2D eigenvalue weighted by Gasteiger charge is 2.20. The third-order valence-corrected chi connectivity index (χ3v) is 3.18. The topological polar surface area (TPSA) is 18.5 Å². The number of hydrogen-bond acceptors (Lipinski definition) is 3. The Morgan fingerprint density at radius 1 is 1.56 bits per heavy atom. The van der Waals surface area contributed by atoms with Crippen molar-refractivity contribution in [1.82, 2.24) is 15.1 Å². The van der Waals surface area contributed by atoms with Crippen molar-refractivity contribution >= 4 is 0 Å². The quantitative estimate of drug-likeness (QED) is 0.653. The van der Waals surface area contributed by atoms with Crippen LogP contribution in [0.25, 0.3) is 0 Å². The lowest BCUT2D eigenvalue weighted by Gasteiger charge is -2.22. The standard InChI is InChI=1S/C13H27N3/c1-5-14-8-12(2)9-16(4)11-13-6-7-15(3)10-13/h13-14H,2,5-11H2,1,3-4H3. The van der Waals surface area contributed by atoms with E-state index in [1.807, 2.05) is 0 Å². The third-order valence-electron chi connectivity index (χ3n) is 3.18. The Balaban J connectivity index is 2.14. The van der Waals surface area contributed by atoms with Crippen molar-refractivity contribution in [1.29, 1.82) is 0 Å². The molecule has 3 heteroatoms. The minimum atomic E-state index is 0.849. The monoisotopic (exact) mass is 225 g/mol. The fourth-order valence-electron chi connectivity index (χ4n) is 2.42. The van der Waals surface area contributed by atoms with E-state index < -0.39 is 0 Å². The van der Waals surface area contributed by atoms with E-state index in [-0.39, 0.29) is 0 Å². The summed E-state index contributed by atoms with van der Waals surface area (Å²) in [7, 11) is 4.42. The number of likely N-dealkylation sites (N-methyl/N-ethyl adjacent to an activating group) is 2. The van der Waals surface area contributed by atoms with Crippen LogP contribution in [0.4, 0.5) is 0 Å². The molecule has 0 amide bonds. The van der Waals surface area contributed by atoms with E-state index in [2.05, 4.69) is 42.7 Å². The maximum absolute atomic E-state index is 4.11. The van der Waals surface area contributed by atoms with Crippen LogP contribution in [0.3, 0.4) is 0 Å². The molecule has 16 heavy (non-hydrogen) atoms. The van der Waals surface area contributed by atoms with Crippen LogP contribution in [0.15, 0.2) is 12.2 Å². The van der Waals surface area contributed by atoms with Crippen LogP contribution in [0.5, 0.6) is 0 Å². The Morgan fingerprint density at radius 3 is 2.88 bits per heavy atom.